The van der Waals surface area contributed by atoms with Crippen molar-refractivity contribution >= 4 is 37.5 Å². The Morgan fingerprint density at radius 3 is 2.52 bits per heavy atom. The lowest BCUT2D eigenvalue weighted by Gasteiger charge is -2.55. The lowest BCUT2D eigenvalue weighted by atomic mass is 9.67. The molecule has 2 aromatic heterocycles. The number of aliphatic hydroxyl groups is 1. The maximum Gasteiger partial charge on any atom is 0.319 e. The van der Waals surface area contributed by atoms with Gasteiger partial charge >= 0.3 is 6.01 Å². The van der Waals surface area contributed by atoms with Crippen LogP contribution < -0.4 is 14.4 Å². The van der Waals surface area contributed by atoms with Crippen LogP contribution in [0, 0.1) is 34.8 Å². The first-order chi connectivity index (χ1) is 28.6. The standard InChI is InChI=1S/C44H52F2N6O7S/c1-5-30-32(45)10-9-27-20-29(53)21-31(34(27)30)37-36(46)38-35(40(47-37)57-3)39(50-18-19-58-25-42(2,54)22-50)49-41(48-38)59-26-44-13-6-8-33(44)52(17-7-14-44)28-11-15-43(16-12-28)23-51(24-43)60(4,55)56/h1,9-10,20-21,28,33,53-54H,6-8,11-19,22-26H2,2-4H3/t33-,42+,44-/m1/s1. The van der Waals surface area contributed by atoms with E-state index in [0.717, 1.165) is 64.3 Å². The van der Waals surface area contributed by atoms with Crippen LogP contribution in [0.3, 0.4) is 0 Å². The predicted octanol–water partition coefficient (Wildman–Crippen LogP) is 5.62. The Bertz CT molecular complexity index is 2500. The van der Waals surface area contributed by atoms with Crippen LogP contribution in [0.4, 0.5) is 14.6 Å². The molecule has 60 heavy (non-hydrogen) atoms. The number of pyridine rings is 1. The Labute approximate surface area is 349 Å². The van der Waals surface area contributed by atoms with Crippen molar-refractivity contribution in [3.63, 3.8) is 0 Å². The van der Waals surface area contributed by atoms with E-state index in [2.05, 4.69) is 15.8 Å². The quantitative estimate of drug-likeness (QED) is 0.212. The van der Waals surface area contributed by atoms with E-state index in [1.54, 1.807) is 16.1 Å². The molecule has 2 aliphatic carbocycles. The number of terminal acetylenes is 1. The molecule has 1 spiro atoms. The normalized spacial score (nSPS) is 26.5. The molecule has 3 saturated heterocycles. The third-order valence-electron chi connectivity index (χ3n) is 13.9. The minimum absolute atomic E-state index is 0.0273. The topological polar surface area (TPSA) is 151 Å². The SMILES string of the molecule is C#Cc1c(F)ccc2cc(O)cc(-c3nc(OC)c4c(N5CCOC[C@@](C)(O)C5)nc(OC[C@]56CCC[C@H]5N(C5CCC7(CC5)CN(S(C)(=O)=O)C7)CCC6)nc4c3F)c12. The molecule has 5 aliphatic rings. The summed E-state index contributed by atoms with van der Waals surface area (Å²) >= 11 is 0. The predicted molar refractivity (Wildman–Crippen MR) is 223 cm³/mol. The van der Waals surface area contributed by atoms with Crippen LogP contribution in [0.15, 0.2) is 24.3 Å². The summed E-state index contributed by atoms with van der Waals surface area (Å²) in [5.41, 5.74) is -1.84. The first-order valence-electron chi connectivity index (χ1n) is 20.9. The van der Waals surface area contributed by atoms with Gasteiger partial charge in [-0.15, -0.1) is 6.42 Å². The first kappa shape index (κ1) is 41.0. The van der Waals surface area contributed by atoms with Gasteiger partial charge in [0.05, 0.1) is 45.3 Å². The molecule has 5 fully saturated rings. The highest BCUT2D eigenvalue weighted by atomic mass is 32.2. The Kier molecular flexibility index (Phi) is 10.4. The van der Waals surface area contributed by atoms with E-state index < -0.39 is 27.3 Å². The summed E-state index contributed by atoms with van der Waals surface area (Å²) < 4.78 is 76.6. The van der Waals surface area contributed by atoms with Crippen LogP contribution in [0.5, 0.6) is 17.6 Å². The lowest BCUT2D eigenvalue weighted by Crippen LogP contribution is -2.61. The molecule has 0 radical (unpaired) electrons. The molecule has 9 rings (SSSR count). The van der Waals surface area contributed by atoms with Gasteiger partial charge in [-0.3, -0.25) is 4.90 Å². The number of hydrogen-bond acceptors (Lipinski definition) is 12. The molecule has 2 N–H and O–H groups in total. The van der Waals surface area contributed by atoms with Crippen molar-refractivity contribution in [2.24, 2.45) is 10.8 Å². The molecular weight excluding hydrogens is 795 g/mol. The monoisotopic (exact) mass is 846 g/mol. The van der Waals surface area contributed by atoms with Crippen molar-refractivity contribution < 1.29 is 41.6 Å². The number of nitrogens with zero attached hydrogens (tertiary/aromatic N) is 6. The molecule has 13 nitrogen and oxygen atoms in total. The Morgan fingerprint density at radius 1 is 1.02 bits per heavy atom. The van der Waals surface area contributed by atoms with Gasteiger partial charge in [-0.25, -0.2) is 26.5 Å². The van der Waals surface area contributed by atoms with E-state index in [1.807, 2.05) is 0 Å². The van der Waals surface area contributed by atoms with Gasteiger partial charge in [0.25, 0.3) is 0 Å². The van der Waals surface area contributed by atoms with Crippen molar-refractivity contribution in [3.05, 3.63) is 41.5 Å². The fourth-order valence-corrected chi connectivity index (χ4v) is 12.1. The van der Waals surface area contributed by atoms with Gasteiger partial charge in [-0.1, -0.05) is 18.4 Å². The van der Waals surface area contributed by atoms with Crippen LogP contribution in [0.1, 0.15) is 70.3 Å². The number of hydrogen-bond donors (Lipinski definition) is 2. The number of sulfonamides is 1. The molecule has 2 saturated carbocycles. The number of phenolic OH excluding ortho intramolecular Hbond substituents is 1. The van der Waals surface area contributed by atoms with Gasteiger partial charge < -0.3 is 29.3 Å². The maximum atomic E-state index is 17.4. The Morgan fingerprint density at radius 2 is 1.78 bits per heavy atom. The number of rotatable bonds is 8. The smallest absolute Gasteiger partial charge is 0.319 e. The average Bonchev–Trinajstić information content (AvgIpc) is 3.55. The molecule has 4 aromatic rings. The molecule has 16 heteroatoms. The Balaban J connectivity index is 1.08. The maximum absolute atomic E-state index is 17.4. The molecule has 5 heterocycles. The van der Waals surface area contributed by atoms with Gasteiger partial charge in [-0.2, -0.15) is 9.97 Å². The third kappa shape index (κ3) is 7.19. The summed E-state index contributed by atoms with van der Waals surface area (Å²) in [5, 5.41) is 22.7. The molecule has 0 bridgehead atoms. The number of methoxy groups -OCH3 is 1. The van der Waals surface area contributed by atoms with E-state index in [4.69, 9.17) is 30.6 Å². The van der Waals surface area contributed by atoms with E-state index in [-0.39, 0.29) is 93.2 Å². The van der Waals surface area contributed by atoms with E-state index in [9.17, 15) is 18.6 Å². The van der Waals surface area contributed by atoms with Gasteiger partial charge in [0.2, 0.25) is 15.9 Å². The second kappa shape index (κ2) is 15.2. The number of ether oxygens (including phenoxy) is 3. The number of piperidine rings is 1. The van der Waals surface area contributed by atoms with Crippen molar-refractivity contribution in [1.82, 2.24) is 24.2 Å². The second-order valence-corrected chi connectivity index (χ2v) is 20.1. The summed E-state index contributed by atoms with van der Waals surface area (Å²) in [6.45, 7) is 4.98. The second-order valence-electron chi connectivity index (χ2n) is 18.1. The summed E-state index contributed by atoms with van der Waals surface area (Å²) in [5.74, 6) is 0.844. The van der Waals surface area contributed by atoms with E-state index in [1.165, 1.54) is 37.6 Å². The highest BCUT2D eigenvalue weighted by molar-refractivity contribution is 7.88. The number of aromatic hydroxyl groups is 1. The molecule has 0 unspecified atom stereocenters. The van der Waals surface area contributed by atoms with Crippen LogP contribution in [-0.4, -0.2) is 126 Å². The molecule has 3 aliphatic heterocycles. The van der Waals surface area contributed by atoms with E-state index in [0.29, 0.717) is 37.7 Å². The number of fused-ring (bicyclic) bond motifs is 3. The zero-order chi connectivity index (χ0) is 42.2. The fourth-order valence-electron chi connectivity index (χ4n) is 11.0. The molecule has 0 amide bonds. The third-order valence-corrected chi connectivity index (χ3v) is 15.1. The molecule has 3 atom stereocenters. The van der Waals surface area contributed by atoms with Gasteiger partial charge in [0.1, 0.15) is 39.6 Å². The average molecular weight is 847 g/mol. The molecular formula is C44H52F2N6O7S. The highest BCUT2D eigenvalue weighted by Gasteiger charge is 2.53. The number of aromatic nitrogens is 3. The number of β-amino-alcohol motifs (C(OH)–C–C–N with tert-alkyl or cyclic N) is 1. The summed E-state index contributed by atoms with van der Waals surface area (Å²) in [6, 6.07) is 6.02. The van der Waals surface area contributed by atoms with Crippen LogP contribution in [-0.2, 0) is 14.8 Å². The van der Waals surface area contributed by atoms with Gasteiger partial charge in [0.15, 0.2) is 5.82 Å². The van der Waals surface area contributed by atoms with Crippen LogP contribution >= 0.6 is 0 Å². The van der Waals surface area contributed by atoms with Gasteiger partial charge in [-0.05, 0) is 93.8 Å². The lowest BCUT2D eigenvalue weighted by molar-refractivity contribution is -0.0553. The van der Waals surface area contributed by atoms with Crippen LogP contribution in [0.25, 0.3) is 32.9 Å². The van der Waals surface area contributed by atoms with Crippen molar-refractivity contribution in [2.75, 3.05) is 70.8 Å². The summed E-state index contributed by atoms with van der Waals surface area (Å²) in [6.07, 6.45) is 16.2. The Hall–Kier alpha value is -4.40. The van der Waals surface area contributed by atoms with Crippen molar-refractivity contribution in [1.29, 1.82) is 0 Å². The van der Waals surface area contributed by atoms with E-state index >= 15 is 8.78 Å². The summed E-state index contributed by atoms with van der Waals surface area (Å²) in [4.78, 5) is 18.7. The largest absolute Gasteiger partial charge is 0.508 e. The molecule has 2 aromatic carbocycles. The zero-order valence-electron chi connectivity index (χ0n) is 34.3. The molecule has 320 valence electrons. The first-order valence-corrected chi connectivity index (χ1v) is 22.7. The number of phenols is 1. The zero-order valence-corrected chi connectivity index (χ0v) is 35.2. The number of anilines is 1. The summed E-state index contributed by atoms with van der Waals surface area (Å²) in [7, 11) is -1.77. The van der Waals surface area contributed by atoms with Crippen molar-refractivity contribution in [3.8, 4) is 41.2 Å². The minimum atomic E-state index is -3.17. The fraction of sp³-hybridized carbons (Fsp3) is 0.568. The van der Waals surface area contributed by atoms with Crippen molar-refractivity contribution in [2.45, 2.75) is 82.4 Å². The minimum Gasteiger partial charge on any atom is -0.508 e. The van der Waals surface area contributed by atoms with Crippen LogP contribution in [0.2, 0.25) is 0 Å². The number of halogens is 2. The highest BCUT2D eigenvalue weighted by Crippen LogP contribution is 2.52. The van der Waals surface area contributed by atoms with Gasteiger partial charge in [0, 0.05) is 48.1 Å². The number of benzene rings is 2. The number of likely N-dealkylation sites (tertiary alicyclic amines) is 1.